The SMILES string of the molecule is CCOC(=O)c1ccc(NC(=O)c2ccc3c(c2)N(S(=O)(=O)c2cc(Cl)ccc2OC)CCN3C(=O)O)cc1. The van der Waals surface area contributed by atoms with Crippen molar-refractivity contribution in [3.05, 3.63) is 76.8 Å². The number of amides is 2. The molecule has 1 aliphatic rings. The molecule has 11 nitrogen and oxygen atoms in total. The minimum Gasteiger partial charge on any atom is -0.495 e. The number of hydrogen-bond donors (Lipinski definition) is 2. The van der Waals surface area contributed by atoms with Crippen LogP contribution in [-0.4, -0.2) is 58.3 Å². The van der Waals surface area contributed by atoms with E-state index in [1.807, 2.05) is 0 Å². The highest BCUT2D eigenvalue weighted by Gasteiger charge is 2.36. The number of rotatable bonds is 7. The summed E-state index contributed by atoms with van der Waals surface area (Å²) < 4.78 is 38.7. The molecule has 204 valence electrons. The molecular formula is C26H24ClN3O8S. The van der Waals surface area contributed by atoms with Gasteiger partial charge in [0.2, 0.25) is 0 Å². The van der Waals surface area contributed by atoms with Crippen LogP contribution in [0.3, 0.4) is 0 Å². The maximum atomic E-state index is 13.7. The maximum absolute atomic E-state index is 13.7. The average molecular weight is 574 g/mol. The topological polar surface area (TPSA) is 143 Å². The van der Waals surface area contributed by atoms with Gasteiger partial charge in [-0.05, 0) is 67.6 Å². The van der Waals surface area contributed by atoms with Crippen LogP contribution in [0.25, 0.3) is 0 Å². The minimum absolute atomic E-state index is 0.00372. The Bertz CT molecular complexity index is 1540. The van der Waals surface area contributed by atoms with Crippen LogP contribution in [0.4, 0.5) is 21.9 Å². The molecule has 0 fully saturated rings. The van der Waals surface area contributed by atoms with E-state index in [9.17, 15) is 27.9 Å². The Morgan fingerprint density at radius 1 is 0.974 bits per heavy atom. The van der Waals surface area contributed by atoms with Crippen LogP contribution in [-0.2, 0) is 14.8 Å². The molecule has 4 rings (SSSR count). The summed E-state index contributed by atoms with van der Waals surface area (Å²) in [5, 5.41) is 12.5. The zero-order chi connectivity index (χ0) is 28.3. The van der Waals surface area contributed by atoms with Crippen molar-refractivity contribution in [2.24, 2.45) is 0 Å². The highest BCUT2D eigenvalue weighted by molar-refractivity contribution is 7.93. The first-order valence-electron chi connectivity index (χ1n) is 11.7. The summed E-state index contributed by atoms with van der Waals surface area (Å²) in [5.41, 5.74) is 0.860. The van der Waals surface area contributed by atoms with Crippen molar-refractivity contribution in [1.29, 1.82) is 0 Å². The monoisotopic (exact) mass is 573 g/mol. The summed E-state index contributed by atoms with van der Waals surface area (Å²) in [6.07, 6.45) is -1.27. The van der Waals surface area contributed by atoms with E-state index in [2.05, 4.69) is 5.32 Å². The van der Waals surface area contributed by atoms with Gasteiger partial charge in [-0.1, -0.05) is 11.6 Å². The summed E-state index contributed by atoms with van der Waals surface area (Å²) >= 11 is 6.07. The van der Waals surface area contributed by atoms with E-state index in [4.69, 9.17) is 21.1 Å². The van der Waals surface area contributed by atoms with Crippen LogP contribution in [0.5, 0.6) is 5.75 Å². The number of carbonyl (C=O) groups excluding carboxylic acids is 2. The second-order valence-electron chi connectivity index (χ2n) is 8.26. The van der Waals surface area contributed by atoms with E-state index < -0.39 is 28.0 Å². The van der Waals surface area contributed by atoms with Gasteiger partial charge in [-0.15, -0.1) is 0 Å². The van der Waals surface area contributed by atoms with Crippen LogP contribution >= 0.6 is 11.6 Å². The molecule has 0 aromatic heterocycles. The van der Waals surface area contributed by atoms with Crippen molar-refractivity contribution in [1.82, 2.24) is 0 Å². The van der Waals surface area contributed by atoms with Crippen molar-refractivity contribution < 1.29 is 37.4 Å². The lowest BCUT2D eigenvalue weighted by molar-refractivity contribution is 0.0526. The van der Waals surface area contributed by atoms with E-state index >= 15 is 0 Å². The third-order valence-electron chi connectivity index (χ3n) is 5.90. The Morgan fingerprint density at radius 2 is 1.67 bits per heavy atom. The number of nitrogens with one attached hydrogen (secondary N) is 1. The molecule has 13 heteroatoms. The standard InChI is InChI=1S/C26H24ClN3O8S/c1-3-38-25(32)16-4-8-19(9-5-16)28-24(31)17-6-10-20-21(14-17)30(13-12-29(20)26(33)34)39(35,36)23-15-18(27)7-11-22(23)37-2/h4-11,14-15H,3,12-13H2,1-2H3,(H,28,31)(H,33,34). The quantitative estimate of drug-likeness (QED) is 0.394. The van der Waals surface area contributed by atoms with Gasteiger partial charge in [-0.25, -0.2) is 18.0 Å². The summed E-state index contributed by atoms with van der Waals surface area (Å²) in [4.78, 5) is 37.6. The summed E-state index contributed by atoms with van der Waals surface area (Å²) in [7, 11) is -2.96. The molecule has 39 heavy (non-hydrogen) atoms. The number of hydrogen-bond acceptors (Lipinski definition) is 7. The first kappa shape index (κ1) is 27.7. The van der Waals surface area contributed by atoms with Crippen LogP contribution in [0.15, 0.2) is 65.6 Å². The zero-order valence-corrected chi connectivity index (χ0v) is 22.5. The van der Waals surface area contributed by atoms with Gasteiger partial charge in [0.25, 0.3) is 15.9 Å². The normalized spacial score (nSPS) is 12.9. The number of nitrogens with zero attached hydrogens (tertiary/aromatic N) is 2. The van der Waals surface area contributed by atoms with E-state index in [1.165, 1.54) is 67.8 Å². The van der Waals surface area contributed by atoms with Crippen molar-refractivity contribution in [2.45, 2.75) is 11.8 Å². The Kier molecular flexibility index (Phi) is 7.98. The van der Waals surface area contributed by atoms with Crippen molar-refractivity contribution in [3.8, 4) is 5.75 Å². The van der Waals surface area contributed by atoms with Crippen molar-refractivity contribution >= 4 is 56.7 Å². The highest BCUT2D eigenvalue weighted by atomic mass is 35.5. The van der Waals surface area contributed by atoms with Gasteiger partial charge >= 0.3 is 12.1 Å². The molecule has 2 amide bonds. The predicted molar refractivity (Wildman–Crippen MR) is 145 cm³/mol. The van der Waals surface area contributed by atoms with Gasteiger partial charge in [-0.2, -0.15) is 0 Å². The summed E-state index contributed by atoms with van der Waals surface area (Å²) in [5.74, 6) is -1.01. The third kappa shape index (κ3) is 5.61. The molecule has 0 atom stereocenters. The number of sulfonamides is 1. The molecule has 0 saturated carbocycles. The predicted octanol–water partition coefficient (Wildman–Crippen LogP) is 4.47. The minimum atomic E-state index is -4.28. The maximum Gasteiger partial charge on any atom is 0.411 e. The lowest BCUT2D eigenvalue weighted by Crippen LogP contribution is -2.46. The van der Waals surface area contributed by atoms with Crippen LogP contribution in [0, 0.1) is 0 Å². The molecular weight excluding hydrogens is 550 g/mol. The molecule has 1 aliphatic heterocycles. The van der Waals surface area contributed by atoms with E-state index in [1.54, 1.807) is 6.92 Å². The first-order valence-corrected chi connectivity index (χ1v) is 13.5. The fourth-order valence-corrected chi connectivity index (χ4v) is 5.93. The Labute approximate surface area is 229 Å². The number of anilines is 3. The average Bonchev–Trinajstić information content (AvgIpc) is 2.92. The molecule has 0 bridgehead atoms. The first-order chi connectivity index (χ1) is 18.6. The number of halogens is 1. The van der Waals surface area contributed by atoms with Gasteiger partial charge < -0.3 is 19.9 Å². The fourth-order valence-electron chi connectivity index (χ4n) is 4.05. The number of esters is 1. The van der Waals surface area contributed by atoms with Crippen molar-refractivity contribution in [2.75, 3.05) is 41.3 Å². The van der Waals surface area contributed by atoms with Crippen molar-refractivity contribution in [3.63, 3.8) is 0 Å². The number of benzene rings is 3. The number of fused-ring (bicyclic) bond motifs is 1. The summed E-state index contributed by atoms with van der Waals surface area (Å²) in [6.45, 7) is 1.57. The van der Waals surface area contributed by atoms with Crippen LogP contribution in [0.2, 0.25) is 5.02 Å². The second kappa shape index (κ2) is 11.2. The molecule has 3 aromatic rings. The van der Waals surface area contributed by atoms with Gasteiger partial charge in [0.05, 0.1) is 37.2 Å². The Hall–Kier alpha value is -4.29. The Morgan fingerprint density at radius 3 is 2.31 bits per heavy atom. The number of carboxylic acid groups (broad SMARTS) is 1. The van der Waals surface area contributed by atoms with Gasteiger partial charge in [0.15, 0.2) is 0 Å². The van der Waals surface area contributed by atoms with E-state index in [-0.39, 0.29) is 52.3 Å². The van der Waals surface area contributed by atoms with Gasteiger partial charge in [0, 0.05) is 22.8 Å². The van der Waals surface area contributed by atoms with Gasteiger partial charge in [0.1, 0.15) is 10.6 Å². The molecule has 0 saturated heterocycles. The zero-order valence-electron chi connectivity index (χ0n) is 20.9. The van der Waals surface area contributed by atoms with Crippen LogP contribution in [0.1, 0.15) is 27.6 Å². The number of ether oxygens (including phenoxy) is 2. The lowest BCUT2D eigenvalue weighted by Gasteiger charge is -2.36. The molecule has 0 aliphatic carbocycles. The molecule has 0 spiro atoms. The van der Waals surface area contributed by atoms with Crippen LogP contribution < -0.4 is 19.3 Å². The molecule has 3 aromatic carbocycles. The lowest BCUT2D eigenvalue weighted by atomic mass is 10.1. The largest absolute Gasteiger partial charge is 0.495 e. The second-order valence-corrected chi connectivity index (χ2v) is 10.5. The molecule has 0 radical (unpaired) electrons. The number of carbonyl (C=O) groups is 3. The smallest absolute Gasteiger partial charge is 0.411 e. The summed E-state index contributed by atoms with van der Waals surface area (Å²) in [6, 6.07) is 14.3. The third-order valence-corrected chi connectivity index (χ3v) is 7.97. The highest BCUT2D eigenvalue weighted by Crippen LogP contribution is 2.39. The van der Waals surface area contributed by atoms with E-state index in [0.29, 0.717) is 11.3 Å². The Balaban J connectivity index is 1.70. The van der Waals surface area contributed by atoms with Gasteiger partial charge in [-0.3, -0.25) is 14.0 Å². The molecule has 2 N–H and O–H groups in total. The molecule has 0 unspecified atom stereocenters. The fraction of sp³-hybridized carbons (Fsp3) is 0.192. The molecule has 1 heterocycles. The number of methoxy groups -OCH3 is 1. The van der Waals surface area contributed by atoms with E-state index in [0.717, 1.165) is 9.21 Å².